The predicted octanol–water partition coefficient (Wildman–Crippen LogP) is 3.42. The summed E-state index contributed by atoms with van der Waals surface area (Å²) in [4.78, 5) is 27.0. The minimum absolute atomic E-state index is 0.0468. The van der Waals surface area contributed by atoms with Crippen molar-refractivity contribution in [3.8, 4) is 0 Å². The third-order valence-electron chi connectivity index (χ3n) is 4.17. The minimum atomic E-state index is -0.179. The molecule has 3 nitrogen and oxygen atoms in total. The second kappa shape index (κ2) is 5.26. The fraction of sp³-hybridized carbons (Fsp3) is 0.467. The maximum absolute atomic E-state index is 12.6. The van der Waals surface area contributed by atoms with Crippen LogP contribution < -0.4 is 4.90 Å². The number of anilines is 1. The van der Waals surface area contributed by atoms with E-state index in [0.29, 0.717) is 18.5 Å². The number of alkyl halides is 2. The summed E-state index contributed by atoms with van der Waals surface area (Å²) < 4.78 is 0. The number of halogens is 2. The van der Waals surface area contributed by atoms with Crippen molar-refractivity contribution in [3.63, 3.8) is 0 Å². The molecular weight excluding hydrogens is 386 g/mol. The standard InChI is InChI=1S/C15H15Br2NO2/c1-8-3-2-4-9(5-8)18-14(19)10-6-12(16)13(17)7-11(10)15(18)20/h2-5,10-13H,6-7H2,1H3/t10-,11+,12-,13-/m0/s1. The van der Waals surface area contributed by atoms with Gasteiger partial charge in [0.05, 0.1) is 17.5 Å². The van der Waals surface area contributed by atoms with Crippen molar-refractivity contribution >= 4 is 49.4 Å². The van der Waals surface area contributed by atoms with Crippen LogP contribution in [-0.4, -0.2) is 21.5 Å². The van der Waals surface area contributed by atoms with E-state index in [2.05, 4.69) is 31.9 Å². The Bertz CT molecular complexity index is 547. The van der Waals surface area contributed by atoms with Crippen LogP contribution >= 0.6 is 31.9 Å². The summed E-state index contributed by atoms with van der Waals surface area (Å²) >= 11 is 7.19. The van der Waals surface area contributed by atoms with Gasteiger partial charge in [0.1, 0.15) is 0 Å². The highest BCUT2D eigenvalue weighted by molar-refractivity contribution is 9.12. The number of fused-ring (bicyclic) bond motifs is 1. The summed E-state index contributed by atoms with van der Waals surface area (Å²) in [6.45, 7) is 1.96. The van der Waals surface area contributed by atoms with Crippen molar-refractivity contribution in [3.05, 3.63) is 29.8 Å². The number of carbonyl (C=O) groups is 2. The molecule has 0 bridgehead atoms. The Kier molecular flexibility index (Phi) is 3.75. The number of carbonyl (C=O) groups excluding carboxylic acids is 2. The lowest BCUT2D eigenvalue weighted by atomic mass is 9.81. The zero-order chi connectivity index (χ0) is 14.4. The van der Waals surface area contributed by atoms with Crippen LogP contribution in [0.15, 0.2) is 24.3 Å². The van der Waals surface area contributed by atoms with Crippen LogP contribution in [0.4, 0.5) is 5.69 Å². The van der Waals surface area contributed by atoms with Crippen LogP contribution in [0.5, 0.6) is 0 Å². The zero-order valence-corrected chi connectivity index (χ0v) is 14.2. The Labute approximate surface area is 135 Å². The van der Waals surface area contributed by atoms with Gasteiger partial charge in [-0.3, -0.25) is 14.5 Å². The lowest BCUT2D eigenvalue weighted by Crippen LogP contribution is -2.34. The van der Waals surface area contributed by atoms with E-state index in [4.69, 9.17) is 0 Å². The van der Waals surface area contributed by atoms with Crippen molar-refractivity contribution in [2.24, 2.45) is 11.8 Å². The van der Waals surface area contributed by atoms with E-state index in [-0.39, 0.29) is 33.3 Å². The van der Waals surface area contributed by atoms with E-state index in [1.807, 2.05) is 31.2 Å². The number of imide groups is 1. The minimum Gasteiger partial charge on any atom is -0.274 e. The van der Waals surface area contributed by atoms with E-state index >= 15 is 0 Å². The van der Waals surface area contributed by atoms with Crippen LogP contribution in [0, 0.1) is 18.8 Å². The summed E-state index contributed by atoms with van der Waals surface area (Å²) in [5.74, 6) is -0.453. The van der Waals surface area contributed by atoms with Crippen LogP contribution in [0.1, 0.15) is 18.4 Å². The van der Waals surface area contributed by atoms with Gasteiger partial charge in [0, 0.05) is 9.65 Å². The van der Waals surface area contributed by atoms with Crippen molar-refractivity contribution in [2.75, 3.05) is 4.90 Å². The summed E-state index contributed by atoms with van der Waals surface area (Å²) in [5, 5.41) is 0. The van der Waals surface area contributed by atoms with Crippen LogP contribution in [0.2, 0.25) is 0 Å². The maximum Gasteiger partial charge on any atom is 0.237 e. The van der Waals surface area contributed by atoms with Gasteiger partial charge >= 0.3 is 0 Å². The number of amides is 2. The summed E-state index contributed by atoms with van der Waals surface area (Å²) in [7, 11) is 0. The monoisotopic (exact) mass is 399 g/mol. The Morgan fingerprint density at radius 2 is 1.60 bits per heavy atom. The van der Waals surface area contributed by atoms with Crippen LogP contribution in [0.3, 0.4) is 0 Å². The highest BCUT2D eigenvalue weighted by Crippen LogP contribution is 2.44. The van der Waals surface area contributed by atoms with Gasteiger partial charge in [-0.15, -0.1) is 0 Å². The average Bonchev–Trinajstić information content (AvgIpc) is 2.63. The van der Waals surface area contributed by atoms with Crippen molar-refractivity contribution in [1.29, 1.82) is 0 Å². The molecule has 1 aliphatic heterocycles. The fourth-order valence-corrected chi connectivity index (χ4v) is 4.35. The van der Waals surface area contributed by atoms with Crippen molar-refractivity contribution < 1.29 is 9.59 Å². The molecule has 5 heteroatoms. The number of nitrogens with zero attached hydrogens (tertiary/aromatic N) is 1. The molecule has 0 radical (unpaired) electrons. The highest BCUT2D eigenvalue weighted by Gasteiger charge is 2.52. The molecule has 2 fully saturated rings. The van der Waals surface area contributed by atoms with E-state index in [1.165, 1.54) is 4.90 Å². The molecule has 1 saturated carbocycles. The Morgan fingerprint density at radius 1 is 1.05 bits per heavy atom. The molecule has 1 saturated heterocycles. The topological polar surface area (TPSA) is 37.4 Å². The van der Waals surface area contributed by atoms with Crippen LogP contribution in [-0.2, 0) is 9.59 Å². The second-order valence-electron chi connectivity index (χ2n) is 5.57. The third-order valence-corrected chi connectivity index (χ3v) is 6.90. The first-order valence-corrected chi connectivity index (χ1v) is 8.55. The smallest absolute Gasteiger partial charge is 0.237 e. The van der Waals surface area contributed by atoms with Gasteiger partial charge in [0.15, 0.2) is 0 Å². The highest BCUT2D eigenvalue weighted by atomic mass is 79.9. The second-order valence-corrected chi connectivity index (χ2v) is 7.92. The predicted molar refractivity (Wildman–Crippen MR) is 85.3 cm³/mol. The number of hydrogen-bond donors (Lipinski definition) is 0. The Hall–Kier alpha value is -0.680. The summed E-state index contributed by atoms with van der Waals surface area (Å²) in [5.41, 5.74) is 1.75. The molecule has 1 heterocycles. The van der Waals surface area contributed by atoms with E-state index in [9.17, 15) is 9.59 Å². The van der Waals surface area contributed by atoms with Gasteiger partial charge in [-0.1, -0.05) is 44.0 Å². The molecule has 1 aliphatic carbocycles. The molecule has 3 rings (SSSR count). The lowest BCUT2D eigenvalue weighted by Gasteiger charge is -2.29. The molecule has 0 aromatic heterocycles. The van der Waals surface area contributed by atoms with Gasteiger partial charge in [0.25, 0.3) is 0 Å². The average molecular weight is 401 g/mol. The van der Waals surface area contributed by atoms with Gasteiger partial charge in [-0.05, 0) is 37.5 Å². The quantitative estimate of drug-likeness (QED) is 0.535. The normalized spacial score (nSPS) is 33.5. The zero-order valence-electron chi connectivity index (χ0n) is 11.1. The number of benzene rings is 1. The van der Waals surface area contributed by atoms with E-state index < -0.39 is 0 Å². The number of rotatable bonds is 1. The summed E-state index contributed by atoms with van der Waals surface area (Å²) in [6, 6.07) is 7.57. The summed E-state index contributed by atoms with van der Waals surface area (Å²) in [6.07, 6.45) is 1.43. The van der Waals surface area contributed by atoms with Crippen LogP contribution in [0.25, 0.3) is 0 Å². The molecule has 0 N–H and O–H groups in total. The lowest BCUT2D eigenvalue weighted by molar-refractivity contribution is -0.122. The number of hydrogen-bond acceptors (Lipinski definition) is 2. The Balaban J connectivity index is 1.95. The Morgan fingerprint density at radius 3 is 2.10 bits per heavy atom. The first kappa shape index (κ1) is 14.3. The molecule has 0 unspecified atom stereocenters. The first-order chi connectivity index (χ1) is 9.49. The van der Waals surface area contributed by atoms with Crippen molar-refractivity contribution in [2.45, 2.75) is 29.4 Å². The fourth-order valence-electron chi connectivity index (χ4n) is 3.12. The SMILES string of the molecule is Cc1cccc(N2C(=O)[C@H]3C[C@H](Br)[C@@H](Br)C[C@H]3C2=O)c1. The molecule has 2 amide bonds. The molecular formula is C15H15Br2NO2. The van der Waals surface area contributed by atoms with Gasteiger partial charge in [-0.25, -0.2) is 0 Å². The van der Waals surface area contributed by atoms with Gasteiger partial charge in [-0.2, -0.15) is 0 Å². The molecule has 2 aliphatic rings. The molecule has 106 valence electrons. The third kappa shape index (κ3) is 2.25. The molecule has 20 heavy (non-hydrogen) atoms. The first-order valence-electron chi connectivity index (χ1n) is 6.71. The molecule has 4 atom stereocenters. The molecule has 1 aromatic rings. The van der Waals surface area contributed by atoms with E-state index in [0.717, 1.165) is 5.56 Å². The molecule has 1 aromatic carbocycles. The van der Waals surface area contributed by atoms with Gasteiger partial charge in [0.2, 0.25) is 11.8 Å². The van der Waals surface area contributed by atoms with E-state index in [1.54, 1.807) is 0 Å². The number of aryl methyl sites for hydroxylation is 1. The molecule has 0 spiro atoms. The van der Waals surface area contributed by atoms with Gasteiger partial charge < -0.3 is 0 Å². The maximum atomic E-state index is 12.6. The largest absolute Gasteiger partial charge is 0.274 e. The van der Waals surface area contributed by atoms with Crippen molar-refractivity contribution in [1.82, 2.24) is 0 Å².